The van der Waals surface area contributed by atoms with Crippen LogP contribution in [0.3, 0.4) is 0 Å². The number of thiazole rings is 1. The van der Waals surface area contributed by atoms with Crippen molar-refractivity contribution < 1.29 is 19.0 Å². The van der Waals surface area contributed by atoms with Gasteiger partial charge in [0.2, 0.25) is 0 Å². The Morgan fingerprint density at radius 2 is 1.93 bits per heavy atom. The van der Waals surface area contributed by atoms with Crippen molar-refractivity contribution in [2.75, 3.05) is 20.8 Å². The molecule has 0 N–H and O–H groups in total. The molecule has 11 heteroatoms. The van der Waals surface area contributed by atoms with E-state index in [-0.39, 0.29) is 22.9 Å². The van der Waals surface area contributed by atoms with E-state index in [1.54, 1.807) is 32.2 Å². The molecule has 0 radical (unpaired) electrons. The molecule has 2 aliphatic rings. The number of carbonyl (C=O) groups is 1. The van der Waals surface area contributed by atoms with Crippen LogP contribution in [0.1, 0.15) is 68.8 Å². The smallest absolute Gasteiger partial charge is 0.311 e. The number of nitrogens with zero attached hydrogens (tertiary/aromatic N) is 4. The van der Waals surface area contributed by atoms with Gasteiger partial charge in [0.25, 0.3) is 0 Å². The van der Waals surface area contributed by atoms with Gasteiger partial charge in [0.05, 0.1) is 48.4 Å². The molecule has 2 atom stereocenters. The fourth-order valence-electron chi connectivity index (χ4n) is 5.14. The third kappa shape index (κ3) is 5.20. The molecule has 8 nitrogen and oxygen atoms in total. The highest BCUT2D eigenvalue weighted by molar-refractivity contribution is 8.00. The molecule has 0 bridgehead atoms. The lowest BCUT2D eigenvalue weighted by atomic mass is 10.0. The Hall–Kier alpha value is -3.08. The van der Waals surface area contributed by atoms with E-state index in [1.807, 2.05) is 31.2 Å². The van der Waals surface area contributed by atoms with E-state index in [0.29, 0.717) is 35.5 Å². The van der Waals surface area contributed by atoms with Crippen LogP contribution in [0, 0.1) is 0 Å². The third-order valence-electron chi connectivity index (χ3n) is 7.06. The molecule has 40 heavy (non-hydrogen) atoms. The fraction of sp³-hybridized carbons (Fsp3) is 0.379. The summed E-state index contributed by atoms with van der Waals surface area (Å²) in [5.41, 5.74) is 3.09. The summed E-state index contributed by atoms with van der Waals surface area (Å²) in [6.45, 7) is 2.17. The predicted molar refractivity (Wildman–Crippen MR) is 156 cm³/mol. The largest absolute Gasteiger partial charge is 0.493 e. The van der Waals surface area contributed by atoms with E-state index in [1.165, 1.54) is 11.3 Å². The summed E-state index contributed by atoms with van der Waals surface area (Å²) < 4.78 is 18.9. The minimum Gasteiger partial charge on any atom is -0.493 e. The minimum atomic E-state index is -0.243. The molecule has 1 saturated carbocycles. The Kier molecular flexibility index (Phi) is 7.74. The van der Waals surface area contributed by atoms with Crippen LogP contribution in [0.2, 0.25) is 5.02 Å². The number of hydrogen-bond donors (Lipinski definition) is 0. The van der Waals surface area contributed by atoms with Gasteiger partial charge in [0.1, 0.15) is 5.82 Å². The molecule has 0 saturated heterocycles. The number of ether oxygens (including phenoxy) is 3. The second-order valence-electron chi connectivity index (χ2n) is 9.72. The van der Waals surface area contributed by atoms with Gasteiger partial charge in [-0.15, -0.1) is 33.3 Å². The van der Waals surface area contributed by atoms with Gasteiger partial charge in [-0.3, -0.25) is 9.36 Å². The summed E-state index contributed by atoms with van der Waals surface area (Å²) in [6.07, 6.45) is 4.84. The van der Waals surface area contributed by atoms with Crippen molar-refractivity contribution in [1.82, 2.24) is 19.7 Å². The Balaban J connectivity index is 1.46. The third-order valence-corrected chi connectivity index (χ3v) is 9.80. The maximum Gasteiger partial charge on any atom is 0.311 e. The molecule has 4 aromatic rings. The molecule has 3 heterocycles. The first-order valence-corrected chi connectivity index (χ1v) is 15.3. The molecule has 208 valence electrons. The number of benzene rings is 2. The zero-order valence-electron chi connectivity index (χ0n) is 22.4. The number of carbonyl (C=O) groups excluding carboxylic acids is 1. The summed E-state index contributed by atoms with van der Waals surface area (Å²) in [5.74, 6) is 3.40. The molecule has 6 rings (SSSR count). The van der Waals surface area contributed by atoms with Crippen LogP contribution in [0.15, 0.2) is 42.6 Å². The lowest BCUT2D eigenvalue weighted by Gasteiger charge is -2.23. The van der Waals surface area contributed by atoms with Gasteiger partial charge < -0.3 is 14.2 Å². The van der Waals surface area contributed by atoms with Crippen molar-refractivity contribution in [3.05, 3.63) is 80.3 Å². The van der Waals surface area contributed by atoms with Gasteiger partial charge in [-0.2, -0.15) is 0 Å². The monoisotopic (exact) mass is 596 g/mol. The van der Waals surface area contributed by atoms with Crippen LogP contribution in [-0.2, 0) is 22.4 Å². The number of hydrogen-bond acceptors (Lipinski definition) is 9. The number of esters is 1. The first kappa shape index (κ1) is 27.1. The first-order chi connectivity index (χ1) is 19.5. The Morgan fingerprint density at radius 1 is 1.10 bits per heavy atom. The predicted octanol–water partition coefficient (Wildman–Crippen LogP) is 6.50. The molecule has 0 unspecified atom stereocenters. The van der Waals surface area contributed by atoms with Gasteiger partial charge in [-0.25, -0.2) is 4.98 Å². The average Bonchev–Trinajstić information content (AvgIpc) is 3.59. The summed E-state index contributed by atoms with van der Waals surface area (Å²) in [5, 5.41) is 10.8. The normalized spacial score (nSPS) is 18.0. The summed E-state index contributed by atoms with van der Waals surface area (Å²) in [4.78, 5) is 17.6. The standard InChI is InChI=1S/C29H29ClN4O4S2/c1-4-38-25(35)13-18-15-31-24(39-18)14-23-29-33-32-28(16-8-9-16)34(29)21-11-10-17(30)12-20(21)27(40-23)19-6-5-7-22(36-2)26(19)37-3/h5-7,10-12,15-16,23,27H,4,8-9,13-14H2,1-3H3/t23-,27-/m1/s1. The highest BCUT2D eigenvalue weighted by Crippen LogP contribution is 2.55. The quantitative estimate of drug-likeness (QED) is 0.202. The second kappa shape index (κ2) is 11.4. The zero-order chi connectivity index (χ0) is 27.8. The number of para-hydroxylation sites is 1. The van der Waals surface area contributed by atoms with Crippen LogP contribution in [0.25, 0.3) is 5.69 Å². The van der Waals surface area contributed by atoms with Crippen LogP contribution in [0.5, 0.6) is 11.5 Å². The lowest BCUT2D eigenvalue weighted by molar-refractivity contribution is -0.142. The van der Waals surface area contributed by atoms with E-state index in [2.05, 4.69) is 26.8 Å². The van der Waals surface area contributed by atoms with E-state index in [4.69, 9.17) is 30.9 Å². The molecule has 1 aliphatic carbocycles. The maximum absolute atomic E-state index is 12.1. The SMILES string of the molecule is CCOC(=O)Cc1cnc(C[C@H]2S[C@H](c3cccc(OC)c3OC)c3cc(Cl)ccc3-n3c(C4CC4)nnc32)s1. The number of fused-ring (bicyclic) bond motifs is 3. The van der Waals surface area contributed by atoms with Crippen LogP contribution in [-0.4, -0.2) is 46.5 Å². The fourth-order valence-corrected chi connectivity index (χ4v) is 7.91. The highest BCUT2D eigenvalue weighted by Gasteiger charge is 2.39. The van der Waals surface area contributed by atoms with E-state index in [0.717, 1.165) is 51.2 Å². The molecule has 1 aliphatic heterocycles. The van der Waals surface area contributed by atoms with Gasteiger partial charge in [0, 0.05) is 34.0 Å². The second-order valence-corrected chi connectivity index (χ2v) is 12.7. The summed E-state index contributed by atoms with van der Waals surface area (Å²) in [6, 6.07) is 12.0. The Morgan fingerprint density at radius 3 is 2.67 bits per heavy atom. The number of thioether (sulfide) groups is 1. The van der Waals surface area contributed by atoms with Crippen molar-refractivity contribution in [2.24, 2.45) is 0 Å². The van der Waals surface area contributed by atoms with Gasteiger partial charge in [-0.05, 0) is 49.6 Å². The lowest BCUT2D eigenvalue weighted by Crippen LogP contribution is -2.08. The highest BCUT2D eigenvalue weighted by atomic mass is 35.5. The van der Waals surface area contributed by atoms with Crippen LogP contribution in [0.4, 0.5) is 0 Å². The average molecular weight is 597 g/mol. The number of rotatable bonds is 9. The van der Waals surface area contributed by atoms with E-state index < -0.39 is 0 Å². The number of aromatic nitrogens is 4. The molecule has 0 amide bonds. The molecule has 0 spiro atoms. The Bertz CT molecular complexity index is 1550. The van der Waals surface area contributed by atoms with Crippen LogP contribution >= 0.6 is 34.7 Å². The molecular formula is C29H29ClN4O4S2. The molecular weight excluding hydrogens is 568 g/mol. The van der Waals surface area contributed by atoms with E-state index >= 15 is 0 Å². The molecule has 1 fully saturated rings. The topological polar surface area (TPSA) is 88.4 Å². The summed E-state index contributed by atoms with van der Waals surface area (Å²) in [7, 11) is 3.31. The van der Waals surface area contributed by atoms with Gasteiger partial charge >= 0.3 is 5.97 Å². The van der Waals surface area contributed by atoms with Gasteiger partial charge in [-0.1, -0.05) is 23.7 Å². The minimum absolute atomic E-state index is 0.0753. The Labute approximate surface area is 246 Å². The van der Waals surface area contributed by atoms with Crippen molar-refractivity contribution in [3.8, 4) is 17.2 Å². The van der Waals surface area contributed by atoms with Crippen molar-refractivity contribution in [3.63, 3.8) is 0 Å². The molecule has 2 aromatic carbocycles. The number of methoxy groups -OCH3 is 2. The van der Waals surface area contributed by atoms with Crippen molar-refractivity contribution in [1.29, 1.82) is 0 Å². The van der Waals surface area contributed by atoms with E-state index in [9.17, 15) is 4.79 Å². The number of halogens is 1. The van der Waals surface area contributed by atoms with Crippen molar-refractivity contribution >= 4 is 40.7 Å². The van der Waals surface area contributed by atoms with Crippen molar-refractivity contribution in [2.45, 2.75) is 49.0 Å². The van der Waals surface area contributed by atoms with Gasteiger partial charge in [0.15, 0.2) is 17.3 Å². The zero-order valence-corrected chi connectivity index (χ0v) is 24.8. The maximum atomic E-state index is 12.1. The summed E-state index contributed by atoms with van der Waals surface area (Å²) >= 11 is 9.93. The first-order valence-electron chi connectivity index (χ1n) is 13.2. The van der Waals surface area contributed by atoms with Crippen LogP contribution < -0.4 is 9.47 Å². The molecule has 2 aromatic heterocycles.